The van der Waals surface area contributed by atoms with Crippen LogP contribution in [0, 0.1) is 6.92 Å². The highest BCUT2D eigenvalue weighted by molar-refractivity contribution is 5.98. The number of aromatic hydroxyl groups is 1. The predicted molar refractivity (Wildman–Crippen MR) is 88.6 cm³/mol. The monoisotopic (exact) mass is 335 g/mol. The van der Waals surface area contributed by atoms with Gasteiger partial charge in [0.25, 0.3) is 5.91 Å². The Morgan fingerprint density at radius 3 is 2.79 bits per heavy atom. The largest absolute Gasteiger partial charge is 0.504 e. The molecule has 1 amide bonds. The molecule has 0 aliphatic carbocycles. The molecule has 2 aliphatic rings. The fourth-order valence-corrected chi connectivity index (χ4v) is 3.58. The van der Waals surface area contributed by atoms with Gasteiger partial charge in [-0.25, -0.2) is 0 Å². The highest BCUT2D eigenvalue weighted by Gasteiger charge is 2.39. The molecule has 1 unspecified atom stereocenters. The van der Waals surface area contributed by atoms with E-state index in [1.807, 2.05) is 6.92 Å². The minimum Gasteiger partial charge on any atom is -0.504 e. The maximum Gasteiger partial charge on any atom is 0.255 e. The van der Waals surface area contributed by atoms with E-state index in [1.54, 1.807) is 12.1 Å². The van der Waals surface area contributed by atoms with Gasteiger partial charge in [-0.15, -0.1) is 0 Å². The van der Waals surface area contributed by atoms with E-state index in [9.17, 15) is 9.90 Å². The van der Waals surface area contributed by atoms with E-state index in [-0.39, 0.29) is 28.9 Å². The average Bonchev–Trinajstić information content (AvgIpc) is 2.57. The molecule has 3 rings (SSSR count). The molecule has 0 radical (unpaired) electrons. The standard InChI is InChI=1S/C18H25NO5/c1-12-9-14(16(20)15(10-12)22-2)17(21)19-13-3-6-24-18(11-13)4-7-23-8-5-18/h9-10,13,20H,3-8,11H2,1-2H3,(H,19,21). The number of aryl methyl sites for hydroxylation is 1. The van der Waals surface area contributed by atoms with Crippen molar-refractivity contribution in [3.05, 3.63) is 23.3 Å². The van der Waals surface area contributed by atoms with Crippen molar-refractivity contribution in [2.45, 2.75) is 44.2 Å². The van der Waals surface area contributed by atoms with Crippen molar-refractivity contribution in [1.82, 2.24) is 5.32 Å². The number of amides is 1. The van der Waals surface area contributed by atoms with E-state index in [0.29, 0.717) is 25.6 Å². The SMILES string of the molecule is COc1cc(C)cc(C(=O)NC2CCOC3(CCOCC3)C2)c1O. The van der Waals surface area contributed by atoms with Crippen LogP contribution in [0.3, 0.4) is 0 Å². The van der Waals surface area contributed by atoms with E-state index in [0.717, 1.165) is 31.2 Å². The molecule has 1 aromatic rings. The first kappa shape index (κ1) is 17.0. The van der Waals surface area contributed by atoms with Gasteiger partial charge in [-0.2, -0.15) is 0 Å². The first-order valence-corrected chi connectivity index (χ1v) is 8.43. The normalized spacial score (nSPS) is 23.0. The van der Waals surface area contributed by atoms with Gasteiger partial charge in [-0.05, 0) is 50.3 Å². The van der Waals surface area contributed by atoms with Crippen molar-refractivity contribution in [3.8, 4) is 11.5 Å². The molecule has 2 saturated heterocycles. The van der Waals surface area contributed by atoms with Crippen molar-refractivity contribution in [2.75, 3.05) is 26.9 Å². The Bertz CT molecular complexity index is 604. The zero-order valence-corrected chi connectivity index (χ0v) is 14.3. The van der Waals surface area contributed by atoms with E-state index < -0.39 is 0 Å². The smallest absolute Gasteiger partial charge is 0.255 e. The summed E-state index contributed by atoms with van der Waals surface area (Å²) in [5.41, 5.74) is 0.933. The maximum atomic E-state index is 12.6. The molecule has 0 saturated carbocycles. The quantitative estimate of drug-likeness (QED) is 0.885. The zero-order valence-electron chi connectivity index (χ0n) is 14.3. The van der Waals surface area contributed by atoms with E-state index in [4.69, 9.17) is 14.2 Å². The molecule has 6 heteroatoms. The predicted octanol–water partition coefficient (Wildman–Crippen LogP) is 2.17. The van der Waals surface area contributed by atoms with Gasteiger partial charge in [0.05, 0.1) is 18.3 Å². The van der Waals surface area contributed by atoms with Crippen molar-refractivity contribution in [3.63, 3.8) is 0 Å². The topological polar surface area (TPSA) is 77.0 Å². The van der Waals surface area contributed by atoms with Crippen LogP contribution in [0.15, 0.2) is 12.1 Å². The number of phenolic OH excluding ortho intramolecular Hbond substituents is 1. The number of hydrogen-bond donors (Lipinski definition) is 2. The van der Waals surface area contributed by atoms with Gasteiger partial charge < -0.3 is 24.6 Å². The van der Waals surface area contributed by atoms with Gasteiger partial charge in [0, 0.05) is 25.9 Å². The maximum absolute atomic E-state index is 12.6. The number of nitrogens with one attached hydrogen (secondary N) is 1. The second-order valence-corrected chi connectivity index (χ2v) is 6.67. The van der Waals surface area contributed by atoms with Crippen LogP contribution < -0.4 is 10.1 Å². The van der Waals surface area contributed by atoms with Crippen LogP contribution in [-0.2, 0) is 9.47 Å². The van der Waals surface area contributed by atoms with Crippen LogP contribution in [-0.4, -0.2) is 49.6 Å². The molecular formula is C18H25NO5. The second kappa shape index (κ2) is 6.99. The molecule has 2 fully saturated rings. The molecule has 0 bridgehead atoms. The lowest BCUT2D eigenvalue weighted by atomic mass is 9.84. The summed E-state index contributed by atoms with van der Waals surface area (Å²) in [5, 5.41) is 13.3. The first-order valence-electron chi connectivity index (χ1n) is 8.43. The number of hydrogen-bond acceptors (Lipinski definition) is 5. The van der Waals surface area contributed by atoms with Crippen molar-refractivity contribution >= 4 is 5.91 Å². The lowest BCUT2D eigenvalue weighted by Crippen LogP contribution is -2.51. The Morgan fingerprint density at radius 1 is 1.33 bits per heavy atom. The van der Waals surface area contributed by atoms with Gasteiger partial charge in [0.15, 0.2) is 11.5 Å². The van der Waals surface area contributed by atoms with Crippen molar-refractivity contribution in [2.24, 2.45) is 0 Å². The first-order chi connectivity index (χ1) is 11.5. The lowest BCUT2D eigenvalue weighted by molar-refractivity contribution is -0.139. The molecule has 2 N–H and O–H groups in total. The zero-order chi connectivity index (χ0) is 17.2. The summed E-state index contributed by atoms with van der Waals surface area (Å²) in [5.74, 6) is -0.0786. The summed E-state index contributed by atoms with van der Waals surface area (Å²) in [6, 6.07) is 3.42. The summed E-state index contributed by atoms with van der Waals surface area (Å²) in [7, 11) is 1.48. The number of carbonyl (C=O) groups excluding carboxylic acids is 1. The molecular weight excluding hydrogens is 310 g/mol. The van der Waals surface area contributed by atoms with Gasteiger partial charge in [-0.3, -0.25) is 4.79 Å². The summed E-state index contributed by atoms with van der Waals surface area (Å²) in [6.07, 6.45) is 3.29. The van der Waals surface area contributed by atoms with Crippen LogP contribution in [0.4, 0.5) is 0 Å². The summed E-state index contributed by atoms with van der Waals surface area (Å²) in [4.78, 5) is 12.6. The molecule has 2 heterocycles. The molecule has 0 aromatic heterocycles. The Kier molecular flexibility index (Phi) is 4.96. The fraction of sp³-hybridized carbons (Fsp3) is 0.611. The second-order valence-electron chi connectivity index (χ2n) is 6.67. The van der Waals surface area contributed by atoms with Crippen LogP contribution in [0.5, 0.6) is 11.5 Å². The molecule has 1 spiro atoms. The molecule has 1 atom stereocenters. The molecule has 1 aromatic carbocycles. The highest BCUT2D eigenvalue weighted by Crippen LogP contribution is 2.35. The summed E-state index contributed by atoms with van der Waals surface area (Å²) < 4.78 is 16.6. The molecule has 2 aliphatic heterocycles. The third kappa shape index (κ3) is 3.49. The number of rotatable bonds is 3. The molecule has 24 heavy (non-hydrogen) atoms. The Morgan fingerprint density at radius 2 is 2.08 bits per heavy atom. The van der Waals surface area contributed by atoms with Gasteiger partial charge >= 0.3 is 0 Å². The van der Waals surface area contributed by atoms with E-state index in [1.165, 1.54) is 7.11 Å². The number of benzene rings is 1. The molecule has 132 valence electrons. The van der Waals surface area contributed by atoms with Gasteiger partial charge in [0.2, 0.25) is 0 Å². The third-order valence-electron chi connectivity index (χ3n) is 4.92. The summed E-state index contributed by atoms with van der Waals surface area (Å²) >= 11 is 0. The van der Waals surface area contributed by atoms with Crippen LogP contribution in [0.1, 0.15) is 41.6 Å². The minimum absolute atomic E-state index is 0.0373. The summed E-state index contributed by atoms with van der Waals surface area (Å²) in [6.45, 7) is 3.91. The van der Waals surface area contributed by atoms with Crippen LogP contribution >= 0.6 is 0 Å². The van der Waals surface area contributed by atoms with Crippen LogP contribution in [0.2, 0.25) is 0 Å². The van der Waals surface area contributed by atoms with E-state index in [2.05, 4.69) is 5.32 Å². The third-order valence-corrected chi connectivity index (χ3v) is 4.92. The lowest BCUT2D eigenvalue weighted by Gasteiger charge is -2.43. The number of methoxy groups -OCH3 is 1. The van der Waals surface area contributed by atoms with Crippen molar-refractivity contribution in [1.29, 1.82) is 0 Å². The number of phenols is 1. The van der Waals surface area contributed by atoms with E-state index >= 15 is 0 Å². The molecule has 6 nitrogen and oxygen atoms in total. The highest BCUT2D eigenvalue weighted by atomic mass is 16.5. The number of carbonyl (C=O) groups is 1. The Labute approximate surface area is 142 Å². The van der Waals surface area contributed by atoms with Crippen molar-refractivity contribution < 1.29 is 24.1 Å². The fourth-order valence-electron chi connectivity index (χ4n) is 3.58. The van der Waals surface area contributed by atoms with Crippen LogP contribution in [0.25, 0.3) is 0 Å². The van der Waals surface area contributed by atoms with Gasteiger partial charge in [0.1, 0.15) is 0 Å². The Hall–Kier alpha value is -1.79. The minimum atomic E-state index is -0.274. The Balaban J connectivity index is 1.72. The van der Waals surface area contributed by atoms with Gasteiger partial charge in [-0.1, -0.05) is 0 Å². The average molecular weight is 335 g/mol. The number of ether oxygens (including phenoxy) is 3.